The number of halogens is 3. The van der Waals surface area contributed by atoms with Gasteiger partial charge in [0.2, 0.25) is 11.8 Å². The summed E-state index contributed by atoms with van der Waals surface area (Å²) in [6, 6.07) is -0.788. The zero-order chi connectivity index (χ0) is 17.9. The van der Waals surface area contributed by atoms with Crippen LogP contribution in [0.15, 0.2) is 0 Å². The van der Waals surface area contributed by atoms with Crippen molar-refractivity contribution in [2.75, 3.05) is 32.7 Å². The lowest BCUT2D eigenvalue weighted by molar-refractivity contribution is -0.141. The number of nitrogens with one attached hydrogen (secondary N) is 1. The van der Waals surface area contributed by atoms with E-state index in [0.29, 0.717) is 38.5 Å². The number of piperazine rings is 1. The first-order valence-electron chi connectivity index (χ1n) is 9.62. The molecule has 2 aliphatic heterocycles. The van der Waals surface area contributed by atoms with E-state index in [1.54, 1.807) is 4.90 Å². The third-order valence-corrected chi connectivity index (χ3v) is 5.84. The molecule has 1 saturated carbocycles. The zero-order valence-electron chi connectivity index (χ0n) is 15.2. The minimum absolute atomic E-state index is 0. The molecule has 0 aromatic heterocycles. The van der Waals surface area contributed by atoms with E-state index in [1.165, 1.54) is 32.1 Å². The highest BCUT2D eigenvalue weighted by atomic mass is 35.5. The van der Waals surface area contributed by atoms with Crippen LogP contribution in [0.25, 0.3) is 0 Å². The molecule has 1 atom stereocenters. The van der Waals surface area contributed by atoms with Crippen LogP contribution >= 0.6 is 12.4 Å². The van der Waals surface area contributed by atoms with E-state index in [4.69, 9.17) is 0 Å². The monoisotopic (exact) mass is 393 g/mol. The van der Waals surface area contributed by atoms with Gasteiger partial charge in [-0.1, -0.05) is 32.1 Å². The van der Waals surface area contributed by atoms with Crippen LogP contribution in [0.1, 0.15) is 51.4 Å². The topological polar surface area (TPSA) is 52.7 Å². The quantitative estimate of drug-likeness (QED) is 0.798. The molecule has 26 heavy (non-hydrogen) atoms. The largest absolute Gasteiger partial charge is 0.339 e. The zero-order valence-corrected chi connectivity index (χ0v) is 16.0. The van der Waals surface area contributed by atoms with E-state index >= 15 is 0 Å². The third kappa shape index (κ3) is 5.52. The van der Waals surface area contributed by atoms with Gasteiger partial charge in [-0.25, -0.2) is 8.78 Å². The summed E-state index contributed by atoms with van der Waals surface area (Å²) in [6.45, 7) is 1.48. The SMILES string of the molecule is Cl.O=C(CCC1CCCCC1)N1CCN(C(=O)C2CC(F)(F)CN2)CC1. The first-order valence-corrected chi connectivity index (χ1v) is 9.62. The van der Waals surface area contributed by atoms with Gasteiger partial charge in [-0.2, -0.15) is 0 Å². The molecule has 2 saturated heterocycles. The molecule has 3 rings (SSSR count). The van der Waals surface area contributed by atoms with Gasteiger partial charge in [-0.15, -0.1) is 12.4 Å². The third-order valence-electron chi connectivity index (χ3n) is 5.84. The van der Waals surface area contributed by atoms with Gasteiger partial charge in [-0.05, 0) is 12.3 Å². The van der Waals surface area contributed by atoms with E-state index in [-0.39, 0.29) is 24.2 Å². The van der Waals surface area contributed by atoms with Crippen molar-refractivity contribution in [2.24, 2.45) is 5.92 Å². The molecule has 150 valence electrons. The van der Waals surface area contributed by atoms with Gasteiger partial charge in [0.1, 0.15) is 0 Å². The summed E-state index contributed by atoms with van der Waals surface area (Å²) in [6.07, 6.45) is 7.52. The van der Waals surface area contributed by atoms with E-state index < -0.39 is 24.9 Å². The fourth-order valence-corrected chi connectivity index (χ4v) is 4.25. The second kappa shape index (κ2) is 9.31. The van der Waals surface area contributed by atoms with Crippen molar-refractivity contribution in [3.05, 3.63) is 0 Å². The van der Waals surface area contributed by atoms with Gasteiger partial charge < -0.3 is 9.80 Å². The van der Waals surface area contributed by atoms with E-state index in [1.807, 2.05) is 4.90 Å². The Kier molecular flexibility index (Phi) is 7.64. The Morgan fingerprint density at radius 1 is 1.00 bits per heavy atom. The number of alkyl halides is 2. The van der Waals surface area contributed by atoms with Gasteiger partial charge in [0.05, 0.1) is 12.6 Å². The van der Waals surface area contributed by atoms with Crippen LogP contribution in [-0.4, -0.2) is 66.3 Å². The maximum atomic E-state index is 13.2. The molecule has 0 bridgehead atoms. The lowest BCUT2D eigenvalue weighted by Gasteiger charge is -2.36. The first kappa shape index (κ1) is 21.4. The summed E-state index contributed by atoms with van der Waals surface area (Å²) in [7, 11) is 0. The second-order valence-corrected chi connectivity index (χ2v) is 7.74. The van der Waals surface area contributed by atoms with Crippen LogP contribution in [0, 0.1) is 5.92 Å². The molecule has 1 N–H and O–H groups in total. The standard InChI is InChI=1S/C18H29F2N3O2.ClH/c19-18(20)12-15(21-13-18)17(25)23-10-8-22(9-11-23)16(24)7-6-14-4-2-1-3-5-14;/h14-15,21H,1-13H2;1H. The Hall–Kier alpha value is -0.950. The molecule has 1 unspecified atom stereocenters. The molecule has 2 heterocycles. The number of carbonyl (C=O) groups excluding carboxylic acids is 2. The number of rotatable bonds is 4. The molecule has 3 fully saturated rings. The number of nitrogens with zero attached hydrogens (tertiary/aromatic N) is 2. The lowest BCUT2D eigenvalue weighted by atomic mass is 9.86. The maximum Gasteiger partial charge on any atom is 0.262 e. The molecule has 5 nitrogen and oxygen atoms in total. The summed E-state index contributed by atoms with van der Waals surface area (Å²) in [5.74, 6) is -2.19. The van der Waals surface area contributed by atoms with Crippen molar-refractivity contribution in [1.82, 2.24) is 15.1 Å². The molecule has 0 spiro atoms. The van der Waals surface area contributed by atoms with Crippen LogP contribution in [0.5, 0.6) is 0 Å². The molecule has 0 radical (unpaired) electrons. The molecule has 3 aliphatic rings. The Labute approximate surface area is 160 Å². The van der Waals surface area contributed by atoms with E-state index in [2.05, 4.69) is 5.32 Å². The van der Waals surface area contributed by atoms with Crippen molar-refractivity contribution in [2.45, 2.75) is 63.3 Å². The normalized spacial score (nSPS) is 26.5. The Morgan fingerprint density at radius 2 is 1.62 bits per heavy atom. The molecular formula is C18H30ClF2N3O2. The minimum Gasteiger partial charge on any atom is -0.339 e. The molecule has 1 aliphatic carbocycles. The molecule has 2 amide bonds. The molecule has 8 heteroatoms. The average molecular weight is 394 g/mol. The summed E-state index contributed by atoms with van der Waals surface area (Å²) >= 11 is 0. The number of hydrogen-bond donors (Lipinski definition) is 1. The van der Waals surface area contributed by atoms with Crippen molar-refractivity contribution >= 4 is 24.2 Å². The summed E-state index contributed by atoms with van der Waals surface area (Å²) in [4.78, 5) is 28.1. The van der Waals surface area contributed by atoms with Crippen molar-refractivity contribution in [3.63, 3.8) is 0 Å². The number of amides is 2. The van der Waals surface area contributed by atoms with Crippen molar-refractivity contribution < 1.29 is 18.4 Å². The first-order chi connectivity index (χ1) is 11.9. The van der Waals surface area contributed by atoms with Gasteiger partial charge in [0, 0.05) is 39.0 Å². The fourth-order valence-electron chi connectivity index (χ4n) is 4.25. The fraction of sp³-hybridized carbons (Fsp3) is 0.889. The lowest BCUT2D eigenvalue weighted by Crippen LogP contribution is -2.54. The van der Waals surface area contributed by atoms with Crippen LogP contribution < -0.4 is 5.32 Å². The Morgan fingerprint density at radius 3 is 2.19 bits per heavy atom. The minimum atomic E-state index is -2.79. The summed E-state index contributed by atoms with van der Waals surface area (Å²) in [5.41, 5.74) is 0. The molecule has 0 aromatic rings. The van der Waals surface area contributed by atoms with Gasteiger partial charge >= 0.3 is 0 Å². The number of hydrogen-bond acceptors (Lipinski definition) is 3. The van der Waals surface area contributed by atoms with Crippen LogP contribution in [0.2, 0.25) is 0 Å². The van der Waals surface area contributed by atoms with Crippen LogP contribution in [0.3, 0.4) is 0 Å². The predicted octanol–water partition coefficient (Wildman–Crippen LogP) is 2.44. The number of carbonyl (C=O) groups is 2. The van der Waals surface area contributed by atoms with Crippen LogP contribution in [-0.2, 0) is 9.59 Å². The van der Waals surface area contributed by atoms with Crippen molar-refractivity contribution in [1.29, 1.82) is 0 Å². The highest BCUT2D eigenvalue weighted by Crippen LogP contribution is 2.28. The van der Waals surface area contributed by atoms with Crippen LogP contribution in [0.4, 0.5) is 8.78 Å². The molecule has 0 aromatic carbocycles. The molecular weight excluding hydrogens is 364 g/mol. The van der Waals surface area contributed by atoms with Gasteiger partial charge in [0.25, 0.3) is 5.92 Å². The highest BCUT2D eigenvalue weighted by Gasteiger charge is 2.43. The second-order valence-electron chi connectivity index (χ2n) is 7.74. The summed E-state index contributed by atoms with van der Waals surface area (Å²) in [5, 5.41) is 2.61. The van der Waals surface area contributed by atoms with Crippen molar-refractivity contribution in [3.8, 4) is 0 Å². The average Bonchev–Trinajstić information content (AvgIpc) is 3.00. The Balaban J connectivity index is 0.00000243. The highest BCUT2D eigenvalue weighted by molar-refractivity contribution is 5.85. The maximum absolute atomic E-state index is 13.2. The van der Waals surface area contributed by atoms with E-state index in [9.17, 15) is 18.4 Å². The summed E-state index contributed by atoms with van der Waals surface area (Å²) < 4.78 is 26.5. The predicted molar refractivity (Wildman–Crippen MR) is 97.6 cm³/mol. The smallest absolute Gasteiger partial charge is 0.262 e. The Bertz CT molecular complexity index is 493. The van der Waals surface area contributed by atoms with Gasteiger partial charge in [-0.3, -0.25) is 14.9 Å². The van der Waals surface area contributed by atoms with Gasteiger partial charge in [0.15, 0.2) is 0 Å². The van der Waals surface area contributed by atoms with E-state index in [0.717, 1.165) is 6.42 Å².